The molecular formula is C28H37N5O. The van der Waals surface area contributed by atoms with E-state index in [0.29, 0.717) is 23.8 Å². The SMILES string of the molecule is CCCN(CCC)CC1CCCCN1CC#CCN1c2ccccc2C(=O)Nc2cccnc21. The van der Waals surface area contributed by atoms with Crippen molar-refractivity contribution in [2.45, 2.75) is 52.0 Å². The number of anilines is 3. The first-order valence-corrected chi connectivity index (χ1v) is 12.8. The second kappa shape index (κ2) is 12.0. The number of amides is 1. The van der Waals surface area contributed by atoms with Crippen LogP contribution in [-0.2, 0) is 0 Å². The van der Waals surface area contributed by atoms with Crippen molar-refractivity contribution in [3.63, 3.8) is 0 Å². The summed E-state index contributed by atoms with van der Waals surface area (Å²) in [5.74, 6) is 7.46. The molecule has 1 atom stereocenters. The summed E-state index contributed by atoms with van der Waals surface area (Å²) in [6.07, 6.45) is 8.00. The molecule has 1 N–H and O–H groups in total. The molecule has 0 bridgehead atoms. The molecule has 4 rings (SSSR count). The van der Waals surface area contributed by atoms with Gasteiger partial charge in [-0.05, 0) is 69.6 Å². The van der Waals surface area contributed by atoms with Crippen LogP contribution in [0.15, 0.2) is 42.6 Å². The maximum Gasteiger partial charge on any atom is 0.257 e. The fourth-order valence-electron chi connectivity index (χ4n) is 5.07. The molecule has 2 aliphatic rings. The number of benzene rings is 1. The zero-order chi connectivity index (χ0) is 23.8. The Bertz CT molecular complexity index is 1020. The second-order valence-corrected chi connectivity index (χ2v) is 9.21. The van der Waals surface area contributed by atoms with E-state index in [2.05, 4.69) is 45.8 Å². The topological polar surface area (TPSA) is 51.7 Å². The molecule has 1 amide bonds. The summed E-state index contributed by atoms with van der Waals surface area (Å²) in [5, 5.41) is 2.99. The average Bonchev–Trinajstić information content (AvgIpc) is 2.97. The van der Waals surface area contributed by atoms with Crippen LogP contribution in [0.25, 0.3) is 0 Å². The number of rotatable bonds is 8. The van der Waals surface area contributed by atoms with Crippen LogP contribution < -0.4 is 10.2 Å². The number of nitrogens with one attached hydrogen (secondary N) is 1. The van der Waals surface area contributed by atoms with Crippen molar-refractivity contribution in [2.24, 2.45) is 0 Å². The lowest BCUT2D eigenvalue weighted by Gasteiger charge is -2.37. The van der Waals surface area contributed by atoms with Crippen LogP contribution in [0, 0.1) is 11.8 Å². The average molecular weight is 460 g/mol. The summed E-state index contributed by atoms with van der Waals surface area (Å²) in [6, 6.07) is 12.0. The Morgan fingerprint density at radius 1 is 1.06 bits per heavy atom. The molecule has 0 aliphatic carbocycles. The van der Waals surface area contributed by atoms with Gasteiger partial charge in [-0.1, -0.05) is 44.2 Å². The standard InChI is InChI=1S/C28H37N5O/c1-3-17-31(18-4-2)22-23-12-7-8-19-32(23)20-9-10-21-33-26-15-6-5-13-24(26)28(34)30-25-14-11-16-29-27(25)33/h5-6,11,13-16,23H,3-4,7-8,12,17-22H2,1-2H3,(H,30,34). The molecule has 3 heterocycles. The molecule has 1 fully saturated rings. The fraction of sp³-hybridized carbons (Fsp3) is 0.500. The number of pyridine rings is 1. The minimum atomic E-state index is -0.111. The third-order valence-electron chi connectivity index (χ3n) is 6.67. The number of likely N-dealkylation sites (tertiary alicyclic amines) is 1. The lowest BCUT2D eigenvalue weighted by molar-refractivity contribution is 0.102. The van der Waals surface area contributed by atoms with Crippen molar-refractivity contribution in [1.29, 1.82) is 0 Å². The molecular weight excluding hydrogens is 422 g/mol. The third kappa shape index (κ3) is 5.78. The van der Waals surface area contributed by atoms with Gasteiger partial charge in [-0.25, -0.2) is 4.98 Å². The predicted molar refractivity (Wildman–Crippen MR) is 140 cm³/mol. The van der Waals surface area contributed by atoms with E-state index < -0.39 is 0 Å². The van der Waals surface area contributed by atoms with Gasteiger partial charge in [-0.3, -0.25) is 9.69 Å². The van der Waals surface area contributed by atoms with Crippen LogP contribution >= 0.6 is 0 Å². The van der Waals surface area contributed by atoms with Gasteiger partial charge in [0.05, 0.1) is 30.0 Å². The quantitative estimate of drug-likeness (QED) is 0.577. The number of aromatic nitrogens is 1. The van der Waals surface area contributed by atoms with Gasteiger partial charge in [0, 0.05) is 18.8 Å². The van der Waals surface area contributed by atoms with E-state index >= 15 is 0 Å². The highest BCUT2D eigenvalue weighted by Crippen LogP contribution is 2.35. The highest BCUT2D eigenvalue weighted by Gasteiger charge is 2.26. The molecule has 1 unspecified atom stereocenters. The van der Waals surface area contributed by atoms with Crippen molar-refractivity contribution < 1.29 is 4.79 Å². The van der Waals surface area contributed by atoms with Crippen molar-refractivity contribution >= 4 is 23.1 Å². The number of fused-ring (bicyclic) bond motifs is 2. The molecule has 2 aliphatic heterocycles. The maximum absolute atomic E-state index is 12.8. The van der Waals surface area contributed by atoms with Crippen LogP contribution in [0.1, 0.15) is 56.3 Å². The van der Waals surface area contributed by atoms with Crippen molar-refractivity contribution in [3.05, 3.63) is 48.2 Å². The number of carbonyl (C=O) groups is 1. The summed E-state index contributed by atoms with van der Waals surface area (Å²) in [6.45, 7) is 10.4. The Balaban J connectivity index is 1.48. The van der Waals surface area contributed by atoms with Gasteiger partial charge in [0.15, 0.2) is 5.82 Å². The normalized spacial score (nSPS) is 17.9. The molecule has 34 heavy (non-hydrogen) atoms. The van der Waals surface area contributed by atoms with E-state index in [9.17, 15) is 4.79 Å². The Hall–Kier alpha value is -2.88. The molecule has 180 valence electrons. The maximum atomic E-state index is 12.8. The van der Waals surface area contributed by atoms with E-state index in [4.69, 9.17) is 0 Å². The molecule has 0 radical (unpaired) electrons. The molecule has 2 aromatic rings. The first kappa shape index (κ1) is 24.3. The highest BCUT2D eigenvalue weighted by atomic mass is 16.1. The van der Waals surface area contributed by atoms with Crippen LogP contribution in [0.5, 0.6) is 0 Å². The Morgan fingerprint density at radius 2 is 1.85 bits per heavy atom. The van der Waals surface area contributed by atoms with E-state index in [1.54, 1.807) is 6.20 Å². The van der Waals surface area contributed by atoms with Crippen LogP contribution in [0.2, 0.25) is 0 Å². The molecule has 6 nitrogen and oxygen atoms in total. The van der Waals surface area contributed by atoms with Crippen molar-refractivity contribution in [3.8, 4) is 11.8 Å². The first-order valence-electron chi connectivity index (χ1n) is 12.8. The summed E-state index contributed by atoms with van der Waals surface area (Å²) in [7, 11) is 0. The van der Waals surface area contributed by atoms with Crippen LogP contribution in [0.3, 0.4) is 0 Å². The lowest BCUT2D eigenvalue weighted by atomic mass is 10.0. The Labute approximate surface area is 204 Å². The minimum absolute atomic E-state index is 0.111. The summed E-state index contributed by atoms with van der Waals surface area (Å²) >= 11 is 0. The molecule has 1 saturated heterocycles. The van der Waals surface area contributed by atoms with Gasteiger partial charge < -0.3 is 15.1 Å². The molecule has 6 heteroatoms. The van der Waals surface area contributed by atoms with Gasteiger partial charge >= 0.3 is 0 Å². The Kier molecular flexibility index (Phi) is 8.56. The van der Waals surface area contributed by atoms with E-state index in [0.717, 1.165) is 31.1 Å². The minimum Gasteiger partial charge on any atom is -0.319 e. The van der Waals surface area contributed by atoms with Crippen LogP contribution in [0.4, 0.5) is 17.2 Å². The Morgan fingerprint density at radius 3 is 2.68 bits per heavy atom. The number of carbonyl (C=O) groups excluding carboxylic acids is 1. The zero-order valence-electron chi connectivity index (χ0n) is 20.6. The van der Waals surface area contributed by atoms with Crippen molar-refractivity contribution in [2.75, 3.05) is 49.5 Å². The van der Waals surface area contributed by atoms with E-state index in [-0.39, 0.29) is 5.91 Å². The zero-order valence-corrected chi connectivity index (χ0v) is 20.6. The van der Waals surface area contributed by atoms with Gasteiger partial charge in [0.1, 0.15) is 0 Å². The largest absolute Gasteiger partial charge is 0.319 e. The monoisotopic (exact) mass is 459 g/mol. The predicted octanol–water partition coefficient (Wildman–Crippen LogP) is 4.77. The van der Waals surface area contributed by atoms with Crippen LogP contribution in [-0.4, -0.2) is 66.0 Å². The summed E-state index contributed by atoms with van der Waals surface area (Å²) in [5.41, 5.74) is 2.20. The van der Waals surface area contributed by atoms with Gasteiger partial charge in [-0.2, -0.15) is 0 Å². The summed E-state index contributed by atoms with van der Waals surface area (Å²) < 4.78 is 0. The van der Waals surface area contributed by atoms with Crippen molar-refractivity contribution in [1.82, 2.24) is 14.8 Å². The fourth-order valence-corrected chi connectivity index (χ4v) is 5.07. The third-order valence-corrected chi connectivity index (χ3v) is 6.67. The van der Waals surface area contributed by atoms with Gasteiger partial charge in [0.25, 0.3) is 5.91 Å². The molecule has 1 aromatic carbocycles. The molecule has 0 spiro atoms. The molecule has 0 saturated carbocycles. The number of hydrogen-bond donors (Lipinski definition) is 1. The number of piperidine rings is 1. The number of para-hydroxylation sites is 1. The van der Waals surface area contributed by atoms with Gasteiger partial charge in [-0.15, -0.1) is 0 Å². The molecule has 1 aromatic heterocycles. The summed E-state index contributed by atoms with van der Waals surface area (Å²) in [4.78, 5) is 24.6. The van der Waals surface area contributed by atoms with Gasteiger partial charge in [0.2, 0.25) is 0 Å². The van der Waals surface area contributed by atoms with E-state index in [1.165, 1.54) is 45.2 Å². The number of hydrogen-bond acceptors (Lipinski definition) is 5. The number of nitrogens with zero attached hydrogens (tertiary/aromatic N) is 4. The highest BCUT2D eigenvalue weighted by molar-refractivity contribution is 6.12. The van der Waals surface area contributed by atoms with E-state index in [1.807, 2.05) is 41.3 Å². The lowest BCUT2D eigenvalue weighted by Crippen LogP contribution is -2.47. The second-order valence-electron chi connectivity index (χ2n) is 9.21. The first-order chi connectivity index (χ1) is 16.7. The smallest absolute Gasteiger partial charge is 0.257 e.